The van der Waals surface area contributed by atoms with E-state index in [1.807, 2.05) is 0 Å². The largest absolute Gasteiger partial charge is 0.457 e. The van der Waals surface area contributed by atoms with Crippen LogP contribution < -0.4 is 10.1 Å². The molecule has 1 heterocycles. The van der Waals surface area contributed by atoms with E-state index in [-0.39, 0.29) is 5.75 Å². The first-order valence-electron chi connectivity index (χ1n) is 6.51. The SMILES string of the molecule is Fc1cc(F)cc(Oc2ccnc(CNC3CC3)c2)c1. The van der Waals surface area contributed by atoms with Gasteiger partial charge in [0.1, 0.15) is 23.1 Å². The molecule has 1 fully saturated rings. The van der Waals surface area contributed by atoms with Crippen LogP contribution in [0.25, 0.3) is 0 Å². The Kier molecular flexibility index (Phi) is 3.60. The average molecular weight is 276 g/mol. The van der Waals surface area contributed by atoms with E-state index in [0.29, 0.717) is 18.3 Å². The van der Waals surface area contributed by atoms with Gasteiger partial charge in [-0.1, -0.05) is 0 Å². The van der Waals surface area contributed by atoms with Crippen molar-refractivity contribution < 1.29 is 13.5 Å². The smallest absolute Gasteiger partial charge is 0.133 e. The van der Waals surface area contributed by atoms with Gasteiger partial charge >= 0.3 is 0 Å². The van der Waals surface area contributed by atoms with Gasteiger partial charge in [-0.15, -0.1) is 0 Å². The normalized spacial score (nSPS) is 14.3. The van der Waals surface area contributed by atoms with Crippen molar-refractivity contribution in [2.24, 2.45) is 0 Å². The van der Waals surface area contributed by atoms with Crippen molar-refractivity contribution in [1.82, 2.24) is 10.3 Å². The van der Waals surface area contributed by atoms with E-state index < -0.39 is 11.6 Å². The van der Waals surface area contributed by atoms with Crippen LogP contribution in [0.1, 0.15) is 18.5 Å². The summed E-state index contributed by atoms with van der Waals surface area (Å²) in [7, 11) is 0. The third-order valence-electron chi connectivity index (χ3n) is 3.01. The molecule has 1 aliphatic rings. The average Bonchev–Trinajstić information content (AvgIpc) is 3.19. The first-order valence-corrected chi connectivity index (χ1v) is 6.51. The van der Waals surface area contributed by atoms with E-state index in [1.54, 1.807) is 18.3 Å². The lowest BCUT2D eigenvalue weighted by atomic mass is 10.3. The quantitative estimate of drug-likeness (QED) is 0.908. The molecule has 0 atom stereocenters. The maximum atomic E-state index is 13.1. The summed E-state index contributed by atoms with van der Waals surface area (Å²) in [4.78, 5) is 4.23. The van der Waals surface area contributed by atoms with Crippen LogP contribution in [0.2, 0.25) is 0 Å². The number of hydrogen-bond acceptors (Lipinski definition) is 3. The Morgan fingerprint density at radius 1 is 1.10 bits per heavy atom. The minimum Gasteiger partial charge on any atom is -0.457 e. The summed E-state index contributed by atoms with van der Waals surface area (Å²) in [6.07, 6.45) is 4.03. The van der Waals surface area contributed by atoms with E-state index in [0.717, 1.165) is 23.9 Å². The third kappa shape index (κ3) is 3.51. The summed E-state index contributed by atoms with van der Waals surface area (Å²) in [5, 5.41) is 3.34. The second-order valence-electron chi connectivity index (χ2n) is 4.85. The van der Waals surface area contributed by atoms with E-state index in [1.165, 1.54) is 12.8 Å². The van der Waals surface area contributed by atoms with Crippen molar-refractivity contribution in [2.45, 2.75) is 25.4 Å². The maximum absolute atomic E-state index is 13.1. The van der Waals surface area contributed by atoms with Crippen molar-refractivity contribution in [2.75, 3.05) is 0 Å². The fourth-order valence-corrected chi connectivity index (χ4v) is 1.88. The topological polar surface area (TPSA) is 34.1 Å². The van der Waals surface area contributed by atoms with Crippen LogP contribution in [-0.2, 0) is 6.54 Å². The summed E-state index contributed by atoms with van der Waals surface area (Å²) in [6.45, 7) is 0.666. The Morgan fingerprint density at radius 3 is 2.55 bits per heavy atom. The number of nitrogens with zero attached hydrogens (tertiary/aromatic N) is 1. The highest BCUT2D eigenvalue weighted by Gasteiger charge is 2.20. The summed E-state index contributed by atoms with van der Waals surface area (Å²) in [6, 6.07) is 7.11. The number of aromatic nitrogens is 1. The summed E-state index contributed by atoms with van der Waals surface area (Å²) in [5.41, 5.74) is 0.839. The summed E-state index contributed by atoms with van der Waals surface area (Å²) in [5.74, 6) is -0.679. The lowest BCUT2D eigenvalue weighted by Crippen LogP contribution is -2.16. The number of benzene rings is 1. The van der Waals surface area contributed by atoms with E-state index in [4.69, 9.17) is 4.74 Å². The molecule has 2 aromatic rings. The van der Waals surface area contributed by atoms with Crippen LogP contribution in [0.5, 0.6) is 11.5 Å². The predicted octanol–water partition coefficient (Wildman–Crippen LogP) is 3.40. The molecule has 20 heavy (non-hydrogen) atoms. The standard InChI is InChI=1S/C15H14F2N2O/c16-10-5-11(17)7-15(6-10)20-14-3-4-18-13(8-14)9-19-12-1-2-12/h3-8,12,19H,1-2,9H2. The van der Waals surface area contributed by atoms with Gasteiger partial charge in [0.15, 0.2) is 0 Å². The van der Waals surface area contributed by atoms with Gasteiger partial charge in [-0.3, -0.25) is 4.98 Å². The van der Waals surface area contributed by atoms with Crippen LogP contribution in [0.3, 0.4) is 0 Å². The molecule has 3 rings (SSSR count). The van der Waals surface area contributed by atoms with Crippen molar-refractivity contribution in [3.8, 4) is 11.5 Å². The Balaban J connectivity index is 1.70. The molecule has 1 aromatic heterocycles. The Morgan fingerprint density at radius 2 is 1.85 bits per heavy atom. The minimum atomic E-state index is -0.662. The number of hydrogen-bond donors (Lipinski definition) is 1. The Hall–Kier alpha value is -2.01. The van der Waals surface area contributed by atoms with Crippen LogP contribution >= 0.6 is 0 Å². The lowest BCUT2D eigenvalue weighted by Gasteiger charge is -2.08. The molecule has 1 aliphatic carbocycles. The highest BCUT2D eigenvalue weighted by Crippen LogP contribution is 2.24. The van der Waals surface area contributed by atoms with Crippen LogP contribution in [0.4, 0.5) is 8.78 Å². The molecule has 104 valence electrons. The molecule has 0 amide bonds. The van der Waals surface area contributed by atoms with Gasteiger partial charge in [-0.25, -0.2) is 8.78 Å². The van der Waals surface area contributed by atoms with Gasteiger partial charge in [-0.2, -0.15) is 0 Å². The van der Waals surface area contributed by atoms with E-state index in [2.05, 4.69) is 10.3 Å². The Labute approximate surface area is 115 Å². The second-order valence-corrected chi connectivity index (χ2v) is 4.85. The summed E-state index contributed by atoms with van der Waals surface area (Å²) < 4.78 is 31.6. The van der Waals surface area contributed by atoms with E-state index in [9.17, 15) is 8.78 Å². The molecule has 3 nitrogen and oxygen atoms in total. The molecule has 1 N–H and O–H groups in total. The molecular weight excluding hydrogens is 262 g/mol. The molecule has 1 saturated carbocycles. The number of halogens is 2. The molecule has 0 radical (unpaired) electrons. The number of rotatable bonds is 5. The van der Waals surface area contributed by atoms with Gasteiger partial charge in [-0.05, 0) is 18.9 Å². The van der Waals surface area contributed by atoms with Gasteiger partial charge in [0.2, 0.25) is 0 Å². The highest BCUT2D eigenvalue weighted by molar-refractivity contribution is 5.32. The van der Waals surface area contributed by atoms with Gasteiger partial charge in [0, 0.05) is 43.0 Å². The van der Waals surface area contributed by atoms with Crippen LogP contribution in [0, 0.1) is 11.6 Å². The van der Waals surface area contributed by atoms with Crippen LogP contribution in [0.15, 0.2) is 36.5 Å². The zero-order chi connectivity index (χ0) is 13.9. The van der Waals surface area contributed by atoms with Crippen molar-refractivity contribution in [3.05, 3.63) is 53.9 Å². The molecule has 1 aromatic carbocycles. The van der Waals surface area contributed by atoms with Crippen molar-refractivity contribution in [3.63, 3.8) is 0 Å². The molecule has 0 aliphatic heterocycles. The lowest BCUT2D eigenvalue weighted by molar-refractivity contribution is 0.466. The molecule has 0 unspecified atom stereocenters. The number of nitrogens with one attached hydrogen (secondary N) is 1. The first-order chi connectivity index (χ1) is 9.69. The minimum absolute atomic E-state index is 0.134. The number of ether oxygens (including phenoxy) is 1. The molecule has 0 spiro atoms. The fraction of sp³-hybridized carbons (Fsp3) is 0.267. The molecular formula is C15H14F2N2O. The number of pyridine rings is 1. The zero-order valence-electron chi connectivity index (χ0n) is 10.8. The second kappa shape index (κ2) is 5.54. The highest BCUT2D eigenvalue weighted by atomic mass is 19.1. The predicted molar refractivity (Wildman–Crippen MR) is 70.5 cm³/mol. The first kappa shape index (κ1) is 13.0. The maximum Gasteiger partial charge on any atom is 0.133 e. The van der Waals surface area contributed by atoms with Gasteiger partial charge in [0.05, 0.1) is 5.69 Å². The molecule has 0 saturated heterocycles. The fourth-order valence-electron chi connectivity index (χ4n) is 1.88. The third-order valence-corrected chi connectivity index (χ3v) is 3.01. The van der Waals surface area contributed by atoms with Gasteiger partial charge in [0.25, 0.3) is 0 Å². The van der Waals surface area contributed by atoms with Gasteiger partial charge < -0.3 is 10.1 Å². The zero-order valence-corrected chi connectivity index (χ0v) is 10.8. The van der Waals surface area contributed by atoms with E-state index >= 15 is 0 Å². The molecule has 0 bridgehead atoms. The monoisotopic (exact) mass is 276 g/mol. The van der Waals surface area contributed by atoms with Crippen LogP contribution in [-0.4, -0.2) is 11.0 Å². The van der Waals surface area contributed by atoms with Crippen molar-refractivity contribution in [1.29, 1.82) is 0 Å². The Bertz CT molecular complexity index is 594. The van der Waals surface area contributed by atoms with Crippen molar-refractivity contribution >= 4 is 0 Å². The summed E-state index contributed by atoms with van der Waals surface area (Å²) >= 11 is 0. The molecule has 5 heteroatoms.